The van der Waals surface area contributed by atoms with E-state index in [1.807, 2.05) is 49.3 Å². The molecule has 0 radical (unpaired) electrons. The first-order valence-corrected chi connectivity index (χ1v) is 10.5. The van der Waals surface area contributed by atoms with E-state index in [9.17, 15) is 13.6 Å². The molecule has 2 atom stereocenters. The number of hydrogen-bond donors (Lipinski definition) is 0. The van der Waals surface area contributed by atoms with Crippen molar-refractivity contribution in [1.82, 2.24) is 4.90 Å². The van der Waals surface area contributed by atoms with E-state index in [4.69, 9.17) is 4.74 Å². The summed E-state index contributed by atoms with van der Waals surface area (Å²) in [6, 6.07) is 13.8. The van der Waals surface area contributed by atoms with E-state index in [0.29, 0.717) is 23.8 Å². The monoisotopic (exact) mass is 425 g/mol. The van der Waals surface area contributed by atoms with Gasteiger partial charge in [0, 0.05) is 0 Å². The molecule has 0 saturated carbocycles. The topological polar surface area (TPSA) is 29.5 Å². The average Bonchev–Trinajstić information content (AvgIpc) is 2.93. The molecule has 6 heteroatoms. The molecule has 0 aromatic heterocycles. The first-order chi connectivity index (χ1) is 12.4. The van der Waals surface area contributed by atoms with Crippen LogP contribution >= 0.6 is 0 Å². The summed E-state index contributed by atoms with van der Waals surface area (Å²) < 4.78 is 34.3. The minimum atomic E-state index is -0.916. The molecule has 1 saturated heterocycles. The molecule has 138 valence electrons. The van der Waals surface area contributed by atoms with Crippen LogP contribution in [-0.2, 0) is 15.1 Å². The summed E-state index contributed by atoms with van der Waals surface area (Å²) in [7, 11) is 3.80. The van der Waals surface area contributed by atoms with Gasteiger partial charge in [-0.15, -0.1) is 0 Å². The molecule has 26 heavy (non-hydrogen) atoms. The van der Waals surface area contributed by atoms with E-state index >= 15 is 0 Å². The zero-order valence-corrected chi connectivity index (χ0v) is 16.5. The fraction of sp³-hybridized carbons (Fsp3) is 0.350. The predicted octanol–water partition coefficient (Wildman–Crippen LogP) is 2.73. The summed E-state index contributed by atoms with van der Waals surface area (Å²) in [5.41, 5.74) is -0.369. The predicted molar refractivity (Wildman–Crippen MR) is 97.4 cm³/mol. The van der Waals surface area contributed by atoms with E-state index in [1.54, 1.807) is 0 Å². The average molecular weight is 424 g/mol. The minimum absolute atomic E-state index is 0.0411. The van der Waals surface area contributed by atoms with Gasteiger partial charge in [-0.05, 0) is 0 Å². The molecular formula is C20H21F2NO2Se. The number of rotatable bonds is 6. The van der Waals surface area contributed by atoms with Crippen molar-refractivity contribution in [3.8, 4) is 0 Å². The van der Waals surface area contributed by atoms with Crippen LogP contribution in [0.4, 0.5) is 8.78 Å². The van der Waals surface area contributed by atoms with Crippen molar-refractivity contribution in [2.75, 3.05) is 20.6 Å². The zero-order valence-electron chi connectivity index (χ0n) is 14.7. The number of carbonyl (C=O) groups is 1. The van der Waals surface area contributed by atoms with Crippen LogP contribution in [0.2, 0.25) is 5.32 Å². The van der Waals surface area contributed by atoms with Crippen LogP contribution in [0.15, 0.2) is 48.5 Å². The first-order valence-electron chi connectivity index (χ1n) is 8.40. The maximum absolute atomic E-state index is 13.9. The number of ether oxygens (including phenoxy) is 1. The molecule has 2 aromatic rings. The molecule has 0 spiro atoms. The Morgan fingerprint density at radius 2 is 1.88 bits per heavy atom. The Hall–Kier alpha value is -1.75. The number of benzene rings is 2. The number of carbonyl (C=O) groups excluding carboxylic acids is 1. The van der Waals surface area contributed by atoms with Crippen LogP contribution in [0.5, 0.6) is 0 Å². The third kappa shape index (κ3) is 4.14. The van der Waals surface area contributed by atoms with Crippen molar-refractivity contribution in [1.29, 1.82) is 0 Å². The molecule has 0 N–H and O–H groups in total. The number of cyclic esters (lactones) is 1. The van der Waals surface area contributed by atoms with Gasteiger partial charge in [-0.25, -0.2) is 0 Å². The van der Waals surface area contributed by atoms with Gasteiger partial charge in [-0.2, -0.15) is 0 Å². The van der Waals surface area contributed by atoms with Gasteiger partial charge < -0.3 is 0 Å². The van der Waals surface area contributed by atoms with Gasteiger partial charge in [-0.3, -0.25) is 0 Å². The Balaban J connectivity index is 1.91. The Labute approximate surface area is 158 Å². The van der Waals surface area contributed by atoms with Crippen LogP contribution in [0, 0.1) is 17.6 Å². The Kier molecular flexibility index (Phi) is 5.76. The molecule has 1 fully saturated rings. The van der Waals surface area contributed by atoms with Crippen molar-refractivity contribution in [3.05, 3.63) is 65.7 Å². The molecule has 0 amide bonds. The maximum atomic E-state index is 13.9. The van der Waals surface area contributed by atoms with E-state index in [1.165, 1.54) is 16.6 Å². The van der Waals surface area contributed by atoms with Crippen molar-refractivity contribution >= 4 is 25.4 Å². The summed E-state index contributed by atoms with van der Waals surface area (Å²) in [6.07, 6.45) is 0.476. The van der Waals surface area contributed by atoms with Crippen molar-refractivity contribution in [3.63, 3.8) is 0 Å². The third-order valence-electron chi connectivity index (χ3n) is 4.45. The molecule has 2 unspecified atom stereocenters. The van der Waals surface area contributed by atoms with Crippen LogP contribution in [0.1, 0.15) is 12.0 Å². The van der Waals surface area contributed by atoms with Crippen LogP contribution in [0.3, 0.4) is 0 Å². The van der Waals surface area contributed by atoms with Crippen molar-refractivity contribution in [2.45, 2.75) is 17.3 Å². The fourth-order valence-electron chi connectivity index (χ4n) is 3.22. The first kappa shape index (κ1) is 19.0. The summed E-state index contributed by atoms with van der Waals surface area (Å²) in [5, 5.41) is 0.588. The number of esters is 1. The number of nitrogens with zero attached hydrogens (tertiary/aromatic N) is 1. The quantitative estimate of drug-likeness (QED) is 0.528. The Morgan fingerprint density at radius 3 is 2.54 bits per heavy atom. The van der Waals surface area contributed by atoms with Gasteiger partial charge in [0.25, 0.3) is 0 Å². The van der Waals surface area contributed by atoms with Crippen molar-refractivity contribution < 1.29 is 18.3 Å². The SMILES string of the molecule is CN(C)CC1CC(C[Se]c2ccccc2)(c2ccc(F)c(F)c2)OC1=O. The van der Waals surface area contributed by atoms with Gasteiger partial charge in [0.05, 0.1) is 0 Å². The second-order valence-corrected chi connectivity index (χ2v) is 9.01. The molecule has 3 nitrogen and oxygen atoms in total. The summed E-state index contributed by atoms with van der Waals surface area (Å²) in [6.45, 7) is 0.572. The third-order valence-corrected chi connectivity index (χ3v) is 7.00. The molecule has 1 heterocycles. The number of halogens is 2. The molecule has 2 aromatic carbocycles. The van der Waals surface area contributed by atoms with E-state index in [2.05, 4.69) is 0 Å². The van der Waals surface area contributed by atoms with Gasteiger partial charge in [0.15, 0.2) is 0 Å². The molecule has 1 aliphatic heterocycles. The normalized spacial score (nSPS) is 22.7. The standard InChI is InChI=1S/C20H21F2NO2Se/c1-23(2)12-14-11-20(25-19(14)24,13-26-16-6-4-3-5-7-16)15-8-9-17(21)18(22)10-15/h3-10,14H,11-13H2,1-2H3. The summed E-state index contributed by atoms with van der Waals surface area (Å²) in [4.78, 5) is 14.4. The zero-order chi connectivity index (χ0) is 18.7. The van der Waals surface area contributed by atoms with Crippen LogP contribution < -0.4 is 4.46 Å². The van der Waals surface area contributed by atoms with E-state index in [-0.39, 0.29) is 26.8 Å². The second-order valence-electron chi connectivity index (χ2n) is 6.81. The van der Waals surface area contributed by atoms with E-state index in [0.717, 1.165) is 6.07 Å². The Bertz CT molecular complexity index is 785. The van der Waals surface area contributed by atoms with E-state index < -0.39 is 17.2 Å². The molecule has 1 aliphatic rings. The number of hydrogen-bond acceptors (Lipinski definition) is 3. The molecule has 3 rings (SSSR count). The fourth-order valence-corrected chi connectivity index (χ4v) is 5.52. The van der Waals surface area contributed by atoms with Gasteiger partial charge in [0.2, 0.25) is 0 Å². The molecule has 0 aliphatic carbocycles. The summed E-state index contributed by atoms with van der Waals surface area (Å²) >= 11 is 0.0411. The second kappa shape index (κ2) is 7.87. The van der Waals surface area contributed by atoms with Gasteiger partial charge in [0.1, 0.15) is 0 Å². The van der Waals surface area contributed by atoms with Crippen LogP contribution in [-0.4, -0.2) is 46.5 Å². The molecule has 0 bridgehead atoms. The van der Waals surface area contributed by atoms with Crippen LogP contribution in [0.25, 0.3) is 0 Å². The van der Waals surface area contributed by atoms with Gasteiger partial charge in [-0.1, -0.05) is 0 Å². The van der Waals surface area contributed by atoms with Crippen molar-refractivity contribution in [2.24, 2.45) is 5.92 Å². The summed E-state index contributed by atoms with van der Waals surface area (Å²) in [5.74, 6) is -2.36. The molecular weight excluding hydrogens is 403 g/mol. The van der Waals surface area contributed by atoms with Gasteiger partial charge >= 0.3 is 158 Å². The Morgan fingerprint density at radius 1 is 1.15 bits per heavy atom.